The average molecular weight is 510 g/mol. The first-order chi connectivity index (χ1) is 17.7. The zero-order chi connectivity index (χ0) is 26.1. The highest BCUT2D eigenvalue weighted by molar-refractivity contribution is 5.96. The van der Waals surface area contributed by atoms with Gasteiger partial charge in [0.25, 0.3) is 0 Å². The number of rotatable bonds is 3. The zero-order valence-electron chi connectivity index (χ0n) is 20.7. The summed E-state index contributed by atoms with van der Waals surface area (Å²) in [5, 5.41) is 7.26. The third-order valence-corrected chi connectivity index (χ3v) is 7.17. The van der Waals surface area contributed by atoms with Gasteiger partial charge in [-0.15, -0.1) is 0 Å². The van der Waals surface area contributed by atoms with Gasteiger partial charge >= 0.3 is 12.2 Å². The third-order valence-electron chi connectivity index (χ3n) is 7.17. The lowest BCUT2D eigenvalue weighted by Crippen LogP contribution is -2.43. The van der Waals surface area contributed by atoms with Crippen LogP contribution in [0.5, 0.6) is 0 Å². The molecule has 3 aromatic heterocycles. The van der Waals surface area contributed by atoms with Crippen LogP contribution in [0, 0.1) is 6.92 Å². The first-order valence-electron chi connectivity index (χ1n) is 12.2. The number of benzene rings is 1. The van der Waals surface area contributed by atoms with E-state index in [0.717, 1.165) is 24.4 Å². The van der Waals surface area contributed by atoms with Gasteiger partial charge in [-0.2, -0.15) is 18.3 Å². The normalized spacial score (nSPS) is 15.8. The molecule has 11 heteroatoms. The van der Waals surface area contributed by atoms with Crippen LogP contribution in [0.25, 0.3) is 33.4 Å². The molecule has 1 saturated carbocycles. The molecule has 1 aliphatic heterocycles. The molecule has 1 aromatic carbocycles. The van der Waals surface area contributed by atoms with Gasteiger partial charge in [0.2, 0.25) is 0 Å². The number of aromatic nitrogens is 5. The van der Waals surface area contributed by atoms with E-state index < -0.39 is 11.7 Å². The monoisotopic (exact) mass is 509 g/mol. The molecule has 8 nitrogen and oxygen atoms in total. The molecule has 2 amide bonds. The highest BCUT2D eigenvalue weighted by Crippen LogP contribution is 2.44. The van der Waals surface area contributed by atoms with Crippen LogP contribution >= 0.6 is 0 Å². The number of alkyl halides is 3. The van der Waals surface area contributed by atoms with Crippen molar-refractivity contribution in [2.24, 2.45) is 7.05 Å². The van der Waals surface area contributed by atoms with E-state index in [0.29, 0.717) is 59.0 Å². The van der Waals surface area contributed by atoms with Crippen LogP contribution in [0.1, 0.15) is 41.5 Å². The number of pyridine rings is 1. The smallest absolute Gasteiger partial charge is 0.341 e. The first kappa shape index (κ1) is 23.5. The second kappa shape index (κ2) is 8.32. The molecule has 1 N–H and O–H groups in total. The van der Waals surface area contributed by atoms with Crippen LogP contribution in [-0.4, -0.2) is 48.8 Å². The number of hydrogen-bond donors (Lipinski definition) is 1. The van der Waals surface area contributed by atoms with Crippen LogP contribution in [-0.2, 0) is 26.3 Å². The minimum atomic E-state index is -4.62. The van der Waals surface area contributed by atoms with Crippen LogP contribution < -0.4 is 5.32 Å². The topological polar surface area (TPSA) is 80.9 Å². The Morgan fingerprint density at radius 2 is 1.89 bits per heavy atom. The molecule has 0 unspecified atom stereocenters. The Balaban J connectivity index is 1.57. The van der Waals surface area contributed by atoms with Crippen molar-refractivity contribution in [1.82, 2.24) is 34.5 Å². The zero-order valence-corrected chi connectivity index (χ0v) is 20.7. The van der Waals surface area contributed by atoms with E-state index in [1.54, 1.807) is 50.3 Å². The number of urea groups is 1. The van der Waals surface area contributed by atoms with Crippen molar-refractivity contribution in [3.63, 3.8) is 0 Å². The third kappa shape index (κ3) is 3.93. The molecule has 6 rings (SSSR count). The molecule has 37 heavy (non-hydrogen) atoms. The molecule has 0 atom stereocenters. The van der Waals surface area contributed by atoms with Gasteiger partial charge in [0.1, 0.15) is 5.82 Å². The van der Waals surface area contributed by atoms with Gasteiger partial charge in [0.05, 0.1) is 40.4 Å². The van der Waals surface area contributed by atoms with E-state index in [9.17, 15) is 18.0 Å². The summed E-state index contributed by atoms with van der Waals surface area (Å²) in [6.07, 6.45) is -0.977. The Kier molecular flexibility index (Phi) is 5.29. The Morgan fingerprint density at radius 1 is 1.11 bits per heavy atom. The molecule has 4 aromatic rings. The lowest BCUT2D eigenvalue weighted by atomic mass is 9.98. The summed E-state index contributed by atoms with van der Waals surface area (Å²) in [6, 6.07) is 6.29. The summed E-state index contributed by atoms with van der Waals surface area (Å²) in [5.74, 6) is 1.29. The molecule has 4 heterocycles. The Hall–Kier alpha value is -3.89. The molecule has 2 aliphatic rings. The Morgan fingerprint density at radius 3 is 2.54 bits per heavy atom. The minimum absolute atomic E-state index is 0.140. The number of amides is 2. The van der Waals surface area contributed by atoms with Crippen molar-refractivity contribution < 1.29 is 18.0 Å². The quantitative estimate of drug-likeness (QED) is 0.428. The number of halogens is 3. The predicted molar refractivity (Wildman–Crippen MR) is 132 cm³/mol. The summed E-state index contributed by atoms with van der Waals surface area (Å²) < 4.78 is 46.7. The van der Waals surface area contributed by atoms with E-state index >= 15 is 0 Å². The maximum Gasteiger partial charge on any atom is 0.418 e. The largest absolute Gasteiger partial charge is 0.418 e. The molecule has 192 valence electrons. The lowest BCUT2D eigenvalue weighted by Gasteiger charge is -2.29. The van der Waals surface area contributed by atoms with E-state index in [1.165, 1.54) is 10.7 Å². The fraction of sp³-hybridized carbons (Fsp3) is 0.385. The van der Waals surface area contributed by atoms with Gasteiger partial charge in [-0.1, -0.05) is 12.1 Å². The Bertz CT molecular complexity index is 1550. The van der Waals surface area contributed by atoms with Crippen molar-refractivity contribution in [2.75, 3.05) is 13.6 Å². The van der Waals surface area contributed by atoms with Crippen LogP contribution in [0.2, 0.25) is 0 Å². The number of nitrogens with zero attached hydrogens (tertiary/aromatic N) is 6. The number of carbonyl (C=O) groups is 1. The lowest BCUT2D eigenvalue weighted by molar-refractivity contribution is -0.137. The van der Waals surface area contributed by atoms with E-state index in [4.69, 9.17) is 4.98 Å². The summed E-state index contributed by atoms with van der Waals surface area (Å²) in [7, 11) is 3.26. The number of imidazole rings is 1. The minimum Gasteiger partial charge on any atom is -0.341 e. The van der Waals surface area contributed by atoms with E-state index in [1.807, 2.05) is 0 Å². The van der Waals surface area contributed by atoms with Crippen molar-refractivity contribution in [3.8, 4) is 22.5 Å². The SMILES string of the molecule is CNC(=O)N1CCn2c(C3CC3)nc(-c3cccc4nc(-c5cn(C)nc5C)c(C(F)(F)F)cc34)c2C1. The molecule has 0 bridgehead atoms. The summed E-state index contributed by atoms with van der Waals surface area (Å²) >= 11 is 0. The van der Waals surface area contributed by atoms with Crippen molar-refractivity contribution in [2.45, 2.75) is 44.9 Å². The Labute approximate surface area is 211 Å². The second-order valence-corrected chi connectivity index (χ2v) is 9.72. The number of fused-ring (bicyclic) bond motifs is 2. The molecule has 0 spiro atoms. The number of aryl methyl sites for hydroxylation is 2. The van der Waals surface area contributed by atoms with Crippen molar-refractivity contribution in [3.05, 3.63) is 53.2 Å². The second-order valence-electron chi connectivity index (χ2n) is 9.72. The van der Waals surface area contributed by atoms with Crippen LogP contribution in [0.4, 0.5) is 18.0 Å². The average Bonchev–Trinajstić information content (AvgIpc) is 3.56. The van der Waals surface area contributed by atoms with Gasteiger partial charge in [0, 0.05) is 55.8 Å². The molecular weight excluding hydrogens is 483 g/mol. The summed E-state index contributed by atoms with van der Waals surface area (Å²) in [4.78, 5) is 23.6. The number of nitrogens with one attached hydrogen (secondary N) is 1. The summed E-state index contributed by atoms with van der Waals surface area (Å²) in [5.41, 5.74) is 2.34. The maximum atomic E-state index is 14.4. The standard InChI is InChI=1S/C26H26F3N7O/c1-14-18(12-34(3)33-14)22-19(26(27,28)29)11-17-16(5-4-6-20(17)31-22)23-21-13-35(25(37)30-2)9-10-36(21)24(32-23)15-7-8-15/h4-6,11-12,15H,7-10,13H2,1-3H3,(H,30,37). The molecule has 1 aliphatic carbocycles. The molecule has 0 radical (unpaired) electrons. The van der Waals surface area contributed by atoms with Gasteiger partial charge in [0.15, 0.2) is 0 Å². The van der Waals surface area contributed by atoms with Crippen LogP contribution in [0.15, 0.2) is 30.5 Å². The first-order valence-corrected chi connectivity index (χ1v) is 12.2. The van der Waals surface area contributed by atoms with Gasteiger partial charge in [-0.3, -0.25) is 4.68 Å². The number of hydrogen-bond acceptors (Lipinski definition) is 4. The maximum absolute atomic E-state index is 14.4. The van der Waals surface area contributed by atoms with Gasteiger partial charge in [-0.05, 0) is 31.9 Å². The molecule has 1 fully saturated rings. The summed E-state index contributed by atoms with van der Waals surface area (Å²) in [6.45, 7) is 3.15. The predicted octanol–water partition coefficient (Wildman–Crippen LogP) is 4.86. The number of carbonyl (C=O) groups excluding carboxylic acids is 1. The highest BCUT2D eigenvalue weighted by atomic mass is 19.4. The fourth-order valence-corrected chi connectivity index (χ4v) is 5.25. The molecular formula is C26H26F3N7O. The van der Waals surface area contributed by atoms with Crippen molar-refractivity contribution >= 4 is 16.9 Å². The molecule has 0 saturated heterocycles. The fourth-order valence-electron chi connectivity index (χ4n) is 5.25. The van der Waals surface area contributed by atoms with Crippen LogP contribution in [0.3, 0.4) is 0 Å². The highest BCUT2D eigenvalue weighted by Gasteiger charge is 2.37. The van der Waals surface area contributed by atoms with Gasteiger partial charge < -0.3 is 14.8 Å². The van der Waals surface area contributed by atoms with E-state index in [2.05, 4.69) is 20.0 Å². The van der Waals surface area contributed by atoms with Gasteiger partial charge in [-0.25, -0.2) is 14.8 Å². The van der Waals surface area contributed by atoms with Crippen molar-refractivity contribution in [1.29, 1.82) is 0 Å². The van der Waals surface area contributed by atoms with E-state index in [-0.39, 0.29) is 11.7 Å².